The summed E-state index contributed by atoms with van der Waals surface area (Å²) in [7, 11) is 8.60. The van der Waals surface area contributed by atoms with E-state index in [9.17, 15) is 20.1 Å². The van der Waals surface area contributed by atoms with Crippen molar-refractivity contribution in [3.8, 4) is 11.5 Å². The Kier molecular flexibility index (Phi) is 13.6. The minimum absolute atomic E-state index is 0.0910. The predicted molar refractivity (Wildman–Crippen MR) is 127 cm³/mol. The number of benzene rings is 1. The number of nitrogens with one attached hydrogen (secondary N) is 2. The molecule has 2 atom stereocenters. The van der Waals surface area contributed by atoms with Gasteiger partial charge >= 0.3 is 0 Å². The summed E-state index contributed by atoms with van der Waals surface area (Å²) in [6.07, 6.45) is -0.926. The molecule has 10 heteroatoms. The van der Waals surface area contributed by atoms with Crippen LogP contribution in [0.3, 0.4) is 0 Å². The molecule has 8 nitrogen and oxygen atoms in total. The summed E-state index contributed by atoms with van der Waals surface area (Å²) < 4.78 is 10.8. The first-order valence-corrected chi connectivity index (χ1v) is 10.9. The highest BCUT2D eigenvalue weighted by atomic mass is 79.9. The molecule has 0 aliphatic carbocycles. The largest absolute Gasteiger partial charge is 0.496 e. The summed E-state index contributed by atoms with van der Waals surface area (Å²) in [6.45, 7) is 14.6. The summed E-state index contributed by atoms with van der Waals surface area (Å²) in [5, 5.41) is 36.5. The SMILES string of the molecule is CC.CC.[B]C(O)(c1cc(OC)c(Br)cc1OC)C(O)(O)NC(C)NC(=O)C(C)(C)C. The van der Waals surface area contributed by atoms with E-state index in [1.165, 1.54) is 33.3 Å². The van der Waals surface area contributed by atoms with Crippen LogP contribution in [0.4, 0.5) is 0 Å². The fourth-order valence-electron chi connectivity index (χ4n) is 2.21. The van der Waals surface area contributed by atoms with Gasteiger partial charge in [-0.3, -0.25) is 4.79 Å². The Bertz CT molecular complexity index is 693. The molecule has 5 N–H and O–H groups in total. The van der Waals surface area contributed by atoms with E-state index < -0.39 is 23.0 Å². The van der Waals surface area contributed by atoms with Gasteiger partial charge in [-0.1, -0.05) is 48.5 Å². The van der Waals surface area contributed by atoms with Crippen LogP contribution in [0.25, 0.3) is 0 Å². The lowest BCUT2D eigenvalue weighted by Crippen LogP contribution is -2.66. The predicted octanol–water partition coefficient (Wildman–Crippen LogP) is 2.57. The molecule has 0 aromatic heterocycles. The number of amides is 1. The van der Waals surface area contributed by atoms with Gasteiger partial charge in [-0.05, 0) is 35.0 Å². The van der Waals surface area contributed by atoms with Gasteiger partial charge in [0.25, 0.3) is 0 Å². The van der Waals surface area contributed by atoms with Gasteiger partial charge in [-0.2, -0.15) is 0 Å². The van der Waals surface area contributed by atoms with Crippen molar-refractivity contribution in [1.82, 2.24) is 10.6 Å². The fraction of sp³-hybridized carbons (Fsp3) is 0.667. The van der Waals surface area contributed by atoms with Crippen LogP contribution in [-0.4, -0.2) is 55.4 Å². The summed E-state index contributed by atoms with van der Waals surface area (Å²) in [6, 6.07) is 2.77. The number of halogens is 1. The van der Waals surface area contributed by atoms with Gasteiger partial charge in [-0.25, -0.2) is 5.32 Å². The number of carbonyl (C=O) groups excluding carboxylic acids is 1. The Labute approximate surface area is 196 Å². The molecule has 1 amide bonds. The van der Waals surface area contributed by atoms with Crippen LogP contribution in [0.5, 0.6) is 11.5 Å². The zero-order valence-corrected chi connectivity index (χ0v) is 21.8. The van der Waals surface area contributed by atoms with Gasteiger partial charge in [0.2, 0.25) is 11.8 Å². The van der Waals surface area contributed by atoms with Crippen molar-refractivity contribution in [2.75, 3.05) is 14.2 Å². The zero-order chi connectivity index (χ0) is 25.2. The van der Waals surface area contributed by atoms with Gasteiger partial charge < -0.3 is 30.1 Å². The molecule has 0 saturated carbocycles. The third kappa shape index (κ3) is 8.61. The summed E-state index contributed by atoms with van der Waals surface area (Å²) in [4.78, 5) is 12.1. The molecule has 0 aliphatic rings. The fourth-order valence-corrected chi connectivity index (χ4v) is 2.69. The van der Waals surface area contributed by atoms with E-state index in [0.29, 0.717) is 10.2 Å². The van der Waals surface area contributed by atoms with Gasteiger partial charge in [0.15, 0.2) is 0 Å². The maximum atomic E-state index is 12.1. The van der Waals surface area contributed by atoms with E-state index in [-0.39, 0.29) is 17.2 Å². The van der Waals surface area contributed by atoms with Crippen molar-refractivity contribution in [1.29, 1.82) is 0 Å². The number of hydrogen-bond acceptors (Lipinski definition) is 7. The molecule has 178 valence electrons. The molecular weight excluding hydrogens is 467 g/mol. The van der Waals surface area contributed by atoms with Gasteiger partial charge in [0, 0.05) is 11.0 Å². The third-order valence-electron chi connectivity index (χ3n) is 3.86. The summed E-state index contributed by atoms with van der Waals surface area (Å²) in [5.41, 5.74) is -3.55. The smallest absolute Gasteiger partial charge is 0.249 e. The number of ether oxygens (including phenoxy) is 2. The van der Waals surface area contributed by atoms with Crippen molar-refractivity contribution in [3.05, 3.63) is 22.2 Å². The first kappa shape index (κ1) is 31.9. The van der Waals surface area contributed by atoms with Crippen LogP contribution >= 0.6 is 15.9 Å². The lowest BCUT2D eigenvalue weighted by atomic mass is 9.71. The maximum absolute atomic E-state index is 12.1. The minimum Gasteiger partial charge on any atom is -0.496 e. The van der Waals surface area contributed by atoms with Crippen LogP contribution in [0.15, 0.2) is 16.6 Å². The number of aliphatic hydroxyl groups is 3. The molecule has 0 aliphatic heterocycles. The normalized spacial score (nSPS) is 14.0. The first-order valence-electron chi connectivity index (χ1n) is 10.1. The molecule has 0 heterocycles. The van der Waals surface area contributed by atoms with Crippen LogP contribution in [0, 0.1) is 5.41 Å². The highest BCUT2D eigenvalue weighted by Crippen LogP contribution is 2.40. The van der Waals surface area contributed by atoms with Gasteiger partial charge in [-0.15, -0.1) is 0 Å². The second-order valence-electron chi connectivity index (χ2n) is 7.22. The molecule has 0 bridgehead atoms. The molecule has 1 rings (SSSR count). The standard InChI is InChI=1S/C17H26BBrN2O6.2C2H6/c1-9(20-14(22)15(2,3)4)21-17(24,25)16(18,23)10-7-13(27-6)11(19)8-12(10)26-5;2*1-2/h7-9,21,23-25H,1-6H3,(H,20,22);2*1-2H3. The highest BCUT2D eigenvalue weighted by molar-refractivity contribution is 9.10. The van der Waals surface area contributed by atoms with Crippen LogP contribution in [0.2, 0.25) is 0 Å². The molecule has 1 aromatic carbocycles. The monoisotopic (exact) mass is 504 g/mol. The molecular formula is C21H38BBrN2O6. The van der Waals surface area contributed by atoms with E-state index in [4.69, 9.17) is 17.3 Å². The minimum atomic E-state index is -3.02. The van der Waals surface area contributed by atoms with Gasteiger partial charge in [0.05, 0.1) is 24.9 Å². The Balaban J connectivity index is 0. The topological polar surface area (TPSA) is 120 Å². The number of carbonyl (C=O) groups is 1. The molecule has 2 radical (unpaired) electrons. The molecule has 2 unspecified atom stereocenters. The van der Waals surface area contributed by atoms with E-state index in [1.54, 1.807) is 20.8 Å². The van der Waals surface area contributed by atoms with Crippen LogP contribution in [-0.2, 0) is 10.3 Å². The molecule has 1 aromatic rings. The number of hydrogen-bond donors (Lipinski definition) is 5. The Morgan fingerprint density at radius 2 is 1.48 bits per heavy atom. The average Bonchev–Trinajstić information content (AvgIpc) is 2.69. The van der Waals surface area contributed by atoms with E-state index >= 15 is 0 Å². The third-order valence-corrected chi connectivity index (χ3v) is 4.48. The van der Waals surface area contributed by atoms with E-state index in [0.717, 1.165) is 0 Å². The van der Waals surface area contributed by atoms with Crippen molar-refractivity contribution in [2.24, 2.45) is 5.41 Å². The zero-order valence-electron chi connectivity index (χ0n) is 20.3. The summed E-state index contributed by atoms with van der Waals surface area (Å²) >= 11 is 3.27. The van der Waals surface area contributed by atoms with E-state index in [2.05, 4.69) is 26.6 Å². The van der Waals surface area contributed by atoms with E-state index in [1.807, 2.05) is 27.7 Å². The lowest BCUT2D eigenvalue weighted by Gasteiger charge is -2.40. The Morgan fingerprint density at radius 1 is 1.03 bits per heavy atom. The Hall–Kier alpha value is -1.33. The van der Waals surface area contributed by atoms with Gasteiger partial charge in [0.1, 0.15) is 24.8 Å². The second kappa shape index (κ2) is 13.3. The molecule has 31 heavy (non-hydrogen) atoms. The lowest BCUT2D eigenvalue weighted by molar-refractivity contribution is -0.272. The van der Waals surface area contributed by atoms with Crippen molar-refractivity contribution < 1.29 is 29.6 Å². The molecule has 0 saturated heterocycles. The summed E-state index contributed by atoms with van der Waals surface area (Å²) in [5.74, 6) is -2.97. The average molecular weight is 505 g/mol. The van der Waals surface area contributed by atoms with Crippen LogP contribution < -0.4 is 20.1 Å². The Morgan fingerprint density at radius 3 is 1.87 bits per heavy atom. The maximum Gasteiger partial charge on any atom is 0.249 e. The highest BCUT2D eigenvalue weighted by Gasteiger charge is 2.48. The number of methoxy groups -OCH3 is 2. The van der Waals surface area contributed by atoms with Crippen LogP contribution in [0.1, 0.15) is 61.0 Å². The second-order valence-corrected chi connectivity index (χ2v) is 8.07. The quantitative estimate of drug-likeness (QED) is 0.286. The van der Waals surface area contributed by atoms with Crippen molar-refractivity contribution in [2.45, 2.75) is 73.0 Å². The molecule has 0 fully saturated rings. The number of rotatable bonds is 7. The first-order chi connectivity index (χ1) is 14.2. The molecule has 0 spiro atoms. The van der Waals surface area contributed by atoms with Crippen molar-refractivity contribution >= 4 is 29.7 Å². The van der Waals surface area contributed by atoms with Crippen molar-refractivity contribution in [3.63, 3.8) is 0 Å².